The van der Waals surface area contributed by atoms with Crippen molar-refractivity contribution in [2.75, 3.05) is 13.6 Å². The molecule has 0 amide bonds. The summed E-state index contributed by atoms with van der Waals surface area (Å²) in [6.45, 7) is 3.66. The molecule has 3 rings (SSSR count). The standard InChI is InChI=1S/C18H25N5.HI/c1-4-19-18(22(2)12-14-11-20-23(3)13-14)21-17-10-16(17)15-8-6-5-7-9-15;/h5-9,11,13,16-17H,4,10,12H2,1-3H3,(H,19,21);1H. The lowest BCUT2D eigenvalue weighted by atomic mass is 10.1. The second-order valence-electron chi connectivity index (χ2n) is 6.18. The summed E-state index contributed by atoms with van der Waals surface area (Å²) < 4.78 is 1.83. The van der Waals surface area contributed by atoms with Crippen LogP contribution in [0.25, 0.3) is 0 Å². The first-order valence-corrected chi connectivity index (χ1v) is 8.22. The number of nitrogens with zero attached hydrogens (tertiary/aromatic N) is 4. The maximum Gasteiger partial charge on any atom is 0.194 e. The Bertz CT molecular complexity index is 667. The van der Waals surface area contributed by atoms with E-state index in [9.17, 15) is 0 Å². The molecular weight excluding hydrogens is 413 g/mol. The van der Waals surface area contributed by atoms with E-state index in [0.717, 1.165) is 19.0 Å². The molecule has 2 aromatic rings. The van der Waals surface area contributed by atoms with Crippen LogP contribution in [-0.4, -0.2) is 40.3 Å². The van der Waals surface area contributed by atoms with Crippen molar-refractivity contribution in [1.29, 1.82) is 0 Å². The van der Waals surface area contributed by atoms with Crippen LogP contribution < -0.4 is 5.32 Å². The number of nitrogens with one attached hydrogen (secondary N) is 1. The van der Waals surface area contributed by atoms with Gasteiger partial charge in [-0.1, -0.05) is 30.3 Å². The molecule has 0 bridgehead atoms. The van der Waals surface area contributed by atoms with Gasteiger partial charge >= 0.3 is 0 Å². The van der Waals surface area contributed by atoms with Crippen molar-refractivity contribution in [2.24, 2.45) is 12.0 Å². The van der Waals surface area contributed by atoms with Crippen molar-refractivity contribution in [3.05, 3.63) is 53.9 Å². The number of halogens is 1. The van der Waals surface area contributed by atoms with Gasteiger partial charge in [-0.05, 0) is 18.9 Å². The first kappa shape index (κ1) is 18.8. The second-order valence-corrected chi connectivity index (χ2v) is 6.18. The summed E-state index contributed by atoms with van der Waals surface area (Å²) in [5.74, 6) is 1.57. The molecule has 1 aromatic heterocycles. The first-order chi connectivity index (χ1) is 11.2. The summed E-state index contributed by atoms with van der Waals surface area (Å²) in [6.07, 6.45) is 5.13. The third-order valence-corrected chi connectivity index (χ3v) is 4.18. The van der Waals surface area contributed by atoms with E-state index in [-0.39, 0.29) is 24.0 Å². The number of hydrogen-bond acceptors (Lipinski definition) is 2. The van der Waals surface area contributed by atoms with E-state index in [1.807, 2.05) is 24.1 Å². The van der Waals surface area contributed by atoms with Crippen LogP contribution in [0.5, 0.6) is 0 Å². The van der Waals surface area contributed by atoms with Gasteiger partial charge < -0.3 is 10.2 Å². The fourth-order valence-electron chi connectivity index (χ4n) is 2.92. The molecule has 24 heavy (non-hydrogen) atoms. The number of hydrogen-bond donors (Lipinski definition) is 1. The Morgan fingerprint density at radius 2 is 2.12 bits per heavy atom. The molecule has 1 heterocycles. The van der Waals surface area contributed by atoms with Crippen molar-refractivity contribution in [1.82, 2.24) is 20.0 Å². The van der Waals surface area contributed by atoms with Gasteiger partial charge in [-0.15, -0.1) is 24.0 Å². The molecule has 2 atom stereocenters. The second kappa shape index (κ2) is 8.50. The maximum absolute atomic E-state index is 4.64. The monoisotopic (exact) mass is 439 g/mol. The van der Waals surface area contributed by atoms with Gasteiger partial charge in [-0.2, -0.15) is 5.10 Å². The van der Waals surface area contributed by atoms with E-state index in [1.165, 1.54) is 17.5 Å². The lowest BCUT2D eigenvalue weighted by molar-refractivity contribution is 0.474. The minimum atomic E-state index is 0. The highest BCUT2D eigenvalue weighted by molar-refractivity contribution is 14.0. The number of guanidine groups is 1. The average Bonchev–Trinajstić information content (AvgIpc) is 3.21. The molecule has 1 saturated carbocycles. The topological polar surface area (TPSA) is 45.5 Å². The summed E-state index contributed by atoms with van der Waals surface area (Å²) in [5, 5.41) is 7.85. The van der Waals surface area contributed by atoms with Gasteiger partial charge in [-0.3, -0.25) is 9.67 Å². The molecule has 0 spiro atoms. The Labute approximate surface area is 161 Å². The molecule has 0 saturated heterocycles. The molecule has 1 fully saturated rings. The Morgan fingerprint density at radius 1 is 1.38 bits per heavy atom. The normalized spacial score (nSPS) is 19.5. The van der Waals surface area contributed by atoms with Crippen LogP contribution in [0.1, 0.15) is 30.4 Å². The van der Waals surface area contributed by atoms with E-state index in [0.29, 0.717) is 12.0 Å². The SMILES string of the molecule is CCN=C(NC1CC1c1ccccc1)N(C)Cc1cnn(C)c1.I. The van der Waals surface area contributed by atoms with Crippen LogP contribution in [0.4, 0.5) is 0 Å². The molecule has 1 aliphatic carbocycles. The Balaban J connectivity index is 0.00000208. The Morgan fingerprint density at radius 3 is 2.75 bits per heavy atom. The molecule has 2 unspecified atom stereocenters. The van der Waals surface area contributed by atoms with Gasteiger partial charge in [0.25, 0.3) is 0 Å². The smallest absolute Gasteiger partial charge is 0.194 e. The number of aliphatic imine (C=N–C) groups is 1. The van der Waals surface area contributed by atoms with E-state index in [2.05, 4.69) is 64.6 Å². The largest absolute Gasteiger partial charge is 0.353 e. The summed E-state index contributed by atoms with van der Waals surface area (Å²) in [5.41, 5.74) is 2.60. The van der Waals surface area contributed by atoms with Crippen LogP contribution in [-0.2, 0) is 13.6 Å². The summed E-state index contributed by atoms with van der Waals surface area (Å²) in [7, 11) is 4.02. The predicted octanol–water partition coefficient (Wildman–Crippen LogP) is 2.99. The van der Waals surface area contributed by atoms with Gasteiger partial charge in [-0.25, -0.2) is 0 Å². The van der Waals surface area contributed by atoms with Gasteiger partial charge in [0.05, 0.1) is 6.20 Å². The summed E-state index contributed by atoms with van der Waals surface area (Å²) in [6, 6.07) is 11.2. The van der Waals surface area contributed by atoms with Gasteiger partial charge in [0.1, 0.15) is 0 Å². The van der Waals surface area contributed by atoms with Crippen molar-refractivity contribution in [3.8, 4) is 0 Å². The Hall–Kier alpha value is -1.57. The predicted molar refractivity (Wildman–Crippen MR) is 109 cm³/mol. The van der Waals surface area contributed by atoms with Crippen molar-refractivity contribution in [3.63, 3.8) is 0 Å². The zero-order valence-corrected chi connectivity index (χ0v) is 16.8. The number of rotatable bonds is 5. The van der Waals surface area contributed by atoms with E-state index in [4.69, 9.17) is 0 Å². The molecule has 1 aromatic carbocycles. The summed E-state index contributed by atoms with van der Waals surface area (Å²) in [4.78, 5) is 6.81. The Kier molecular flexibility index (Phi) is 6.65. The fourth-order valence-corrected chi connectivity index (χ4v) is 2.92. The van der Waals surface area contributed by atoms with Crippen LogP contribution >= 0.6 is 24.0 Å². The van der Waals surface area contributed by atoms with Crippen molar-refractivity contribution in [2.45, 2.75) is 31.8 Å². The van der Waals surface area contributed by atoms with Crippen molar-refractivity contribution < 1.29 is 0 Å². The zero-order valence-electron chi connectivity index (χ0n) is 14.5. The van der Waals surface area contributed by atoms with Crippen molar-refractivity contribution >= 4 is 29.9 Å². The lowest BCUT2D eigenvalue weighted by Crippen LogP contribution is -2.40. The highest BCUT2D eigenvalue weighted by atomic mass is 127. The first-order valence-electron chi connectivity index (χ1n) is 8.22. The minimum absolute atomic E-state index is 0. The highest BCUT2D eigenvalue weighted by Gasteiger charge is 2.39. The van der Waals surface area contributed by atoms with Gasteiger partial charge in [0, 0.05) is 50.9 Å². The lowest BCUT2D eigenvalue weighted by Gasteiger charge is -2.22. The third kappa shape index (κ3) is 4.72. The number of benzene rings is 1. The summed E-state index contributed by atoms with van der Waals surface area (Å²) >= 11 is 0. The molecule has 0 aliphatic heterocycles. The minimum Gasteiger partial charge on any atom is -0.353 e. The van der Waals surface area contributed by atoms with Crippen LogP contribution in [0.15, 0.2) is 47.7 Å². The maximum atomic E-state index is 4.64. The van der Waals surface area contributed by atoms with E-state index < -0.39 is 0 Å². The molecule has 1 N–H and O–H groups in total. The van der Waals surface area contributed by atoms with Crippen LogP contribution in [0, 0.1) is 0 Å². The number of aryl methyl sites for hydroxylation is 1. The van der Waals surface area contributed by atoms with E-state index >= 15 is 0 Å². The van der Waals surface area contributed by atoms with E-state index in [1.54, 1.807) is 0 Å². The fraction of sp³-hybridized carbons (Fsp3) is 0.444. The molecule has 0 radical (unpaired) electrons. The molecule has 1 aliphatic rings. The molecular formula is C18H26IN5. The molecule has 130 valence electrons. The van der Waals surface area contributed by atoms with Crippen LogP contribution in [0.2, 0.25) is 0 Å². The average molecular weight is 439 g/mol. The number of aromatic nitrogens is 2. The highest BCUT2D eigenvalue weighted by Crippen LogP contribution is 2.40. The zero-order chi connectivity index (χ0) is 16.2. The third-order valence-electron chi connectivity index (χ3n) is 4.18. The van der Waals surface area contributed by atoms with Crippen LogP contribution in [0.3, 0.4) is 0 Å². The van der Waals surface area contributed by atoms with Gasteiger partial charge in [0.15, 0.2) is 5.96 Å². The van der Waals surface area contributed by atoms with Gasteiger partial charge in [0.2, 0.25) is 0 Å². The quantitative estimate of drug-likeness (QED) is 0.443. The molecule has 5 nitrogen and oxygen atoms in total. The molecule has 6 heteroatoms.